The quantitative estimate of drug-likeness (QED) is 0.418. The Hall–Kier alpha value is -1.29. The van der Waals surface area contributed by atoms with Gasteiger partial charge >= 0.3 is 12.4 Å². The number of allylic oxidation sites excluding steroid dienone is 2. The lowest BCUT2D eigenvalue weighted by Gasteiger charge is -2.47. The lowest BCUT2D eigenvalue weighted by Crippen LogP contribution is -2.77. The Labute approximate surface area is 153 Å². The minimum Gasteiger partial charge on any atom is -0.377 e. The first-order valence-electron chi connectivity index (χ1n) is 8.91. The minimum absolute atomic E-state index is 0.301. The van der Waals surface area contributed by atoms with E-state index in [2.05, 4.69) is 0 Å². The average Bonchev–Trinajstić information content (AvgIpc) is 3.03. The first-order valence-corrected chi connectivity index (χ1v) is 8.91. The number of hydrogen-bond acceptors (Lipinski definition) is 3. The van der Waals surface area contributed by atoms with Crippen molar-refractivity contribution >= 4 is 5.91 Å². The van der Waals surface area contributed by atoms with Crippen LogP contribution in [0, 0.1) is 5.92 Å². The maximum Gasteiger partial charge on any atom is 0.434 e. The highest BCUT2D eigenvalue weighted by Gasteiger charge is 2.75. The summed E-state index contributed by atoms with van der Waals surface area (Å²) in [4.78, 5) is 11.7. The van der Waals surface area contributed by atoms with E-state index in [9.17, 15) is 31.1 Å². The van der Waals surface area contributed by atoms with Crippen molar-refractivity contribution in [1.29, 1.82) is 0 Å². The van der Waals surface area contributed by atoms with Crippen molar-refractivity contribution in [3.05, 3.63) is 12.2 Å². The van der Waals surface area contributed by atoms with E-state index in [1.807, 2.05) is 6.08 Å². The topological polar surface area (TPSA) is 41.6 Å². The van der Waals surface area contributed by atoms with Crippen LogP contribution >= 0.6 is 0 Å². The van der Waals surface area contributed by atoms with Gasteiger partial charge in [-0.1, -0.05) is 12.2 Å². The van der Waals surface area contributed by atoms with E-state index in [0.717, 1.165) is 0 Å². The number of carbonyl (C=O) groups is 1. The van der Waals surface area contributed by atoms with Gasteiger partial charge in [-0.15, -0.1) is 0 Å². The van der Waals surface area contributed by atoms with Gasteiger partial charge in [-0.2, -0.15) is 26.3 Å². The van der Waals surface area contributed by atoms with Crippen LogP contribution in [0.15, 0.2) is 12.2 Å². The van der Waals surface area contributed by atoms with Crippen LogP contribution in [0.3, 0.4) is 0 Å². The molecule has 0 radical (unpaired) electrons. The summed E-state index contributed by atoms with van der Waals surface area (Å²) in [5.74, 6) is -1.76. The molecule has 0 aromatic carbocycles. The summed E-state index contributed by atoms with van der Waals surface area (Å²) in [6.07, 6.45) is -6.16. The van der Waals surface area contributed by atoms with Crippen molar-refractivity contribution in [3.63, 3.8) is 0 Å². The van der Waals surface area contributed by atoms with Gasteiger partial charge in [-0.3, -0.25) is 9.69 Å². The molecule has 1 N–H and O–H groups in total. The zero-order chi connectivity index (χ0) is 20.3. The van der Waals surface area contributed by atoms with Crippen LogP contribution in [0.1, 0.15) is 39.0 Å². The SMILES string of the molecule is CC(=O)NC(N(C[C@H]1CC=CCC1)C[C@H]1CCCO1)(C(F)(F)F)C(F)(F)F. The Morgan fingerprint density at radius 2 is 1.78 bits per heavy atom. The Bertz CT molecular complexity index is 527. The van der Waals surface area contributed by atoms with E-state index in [1.54, 1.807) is 6.08 Å². The van der Waals surface area contributed by atoms with Crippen molar-refractivity contribution < 1.29 is 35.9 Å². The highest BCUT2D eigenvalue weighted by Crippen LogP contribution is 2.46. The minimum atomic E-state index is -5.75. The summed E-state index contributed by atoms with van der Waals surface area (Å²) in [5.41, 5.74) is -4.45. The van der Waals surface area contributed by atoms with Crippen LogP contribution in [0.2, 0.25) is 0 Å². The van der Waals surface area contributed by atoms with Crippen molar-refractivity contribution in [2.24, 2.45) is 5.92 Å². The molecule has 0 saturated carbocycles. The number of halogens is 6. The van der Waals surface area contributed by atoms with Crippen LogP contribution < -0.4 is 5.32 Å². The molecule has 1 fully saturated rings. The second-order valence-electron chi connectivity index (χ2n) is 7.08. The number of nitrogens with zero attached hydrogens (tertiary/aromatic N) is 1. The number of carbonyl (C=O) groups excluding carboxylic acids is 1. The second kappa shape index (κ2) is 8.38. The van der Waals surface area contributed by atoms with Crippen molar-refractivity contribution in [3.8, 4) is 0 Å². The summed E-state index contributed by atoms with van der Waals surface area (Å²) < 4.78 is 88.6. The molecule has 1 saturated heterocycles. The maximum absolute atomic E-state index is 13.9. The molecule has 2 aliphatic rings. The summed E-state index contributed by atoms with van der Waals surface area (Å²) in [6, 6.07) is 0. The van der Waals surface area contributed by atoms with Gasteiger partial charge in [-0.05, 0) is 38.0 Å². The Morgan fingerprint density at radius 1 is 1.11 bits per heavy atom. The largest absolute Gasteiger partial charge is 0.434 e. The number of alkyl halides is 6. The molecule has 4 nitrogen and oxygen atoms in total. The van der Waals surface area contributed by atoms with Gasteiger partial charge in [0.2, 0.25) is 5.91 Å². The molecule has 2 atom stereocenters. The molecular formula is C17H24F6N2O2. The molecule has 27 heavy (non-hydrogen) atoms. The fraction of sp³-hybridized carbons (Fsp3) is 0.824. The van der Waals surface area contributed by atoms with Gasteiger partial charge in [-0.25, -0.2) is 0 Å². The zero-order valence-corrected chi connectivity index (χ0v) is 15.0. The molecule has 0 aromatic heterocycles. The molecule has 0 unspecified atom stereocenters. The zero-order valence-electron chi connectivity index (χ0n) is 15.0. The normalized spacial score (nSPS) is 24.4. The molecule has 0 aromatic rings. The average molecular weight is 402 g/mol. The summed E-state index contributed by atoms with van der Waals surface area (Å²) in [5, 5.41) is 1.20. The van der Waals surface area contributed by atoms with Gasteiger partial charge in [0.25, 0.3) is 5.66 Å². The van der Waals surface area contributed by atoms with Gasteiger partial charge < -0.3 is 10.1 Å². The van der Waals surface area contributed by atoms with Crippen LogP contribution in [-0.2, 0) is 9.53 Å². The fourth-order valence-corrected chi connectivity index (χ4v) is 3.71. The standard InChI is InChI=1S/C17H24F6N2O2/c1-12(26)24-15(16(18,19)20,17(21,22)23)25(11-14-8-5-9-27-14)10-13-6-3-2-4-7-13/h2-3,13-14H,4-11H2,1H3,(H,24,26)/t13-,14+/m0/s1. The predicted molar refractivity (Wildman–Crippen MR) is 85.7 cm³/mol. The number of rotatable bonds is 6. The smallest absolute Gasteiger partial charge is 0.377 e. The monoisotopic (exact) mass is 402 g/mol. The first-order chi connectivity index (χ1) is 12.5. The molecular weight excluding hydrogens is 378 g/mol. The molecule has 1 heterocycles. The number of amides is 1. The van der Waals surface area contributed by atoms with Gasteiger partial charge in [0.15, 0.2) is 0 Å². The van der Waals surface area contributed by atoms with Gasteiger partial charge in [0.05, 0.1) is 6.10 Å². The summed E-state index contributed by atoms with van der Waals surface area (Å²) in [6.45, 7) is -0.0430. The summed E-state index contributed by atoms with van der Waals surface area (Å²) >= 11 is 0. The fourth-order valence-electron chi connectivity index (χ4n) is 3.71. The van der Waals surface area contributed by atoms with Crippen LogP contribution in [0.4, 0.5) is 26.3 Å². The van der Waals surface area contributed by atoms with Gasteiger partial charge in [0.1, 0.15) is 0 Å². The number of ether oxygens (including phenoxy) is 1. The van der Waals surface area contributed by atoms with Gasteiger partial charge in [0, 0.05) is 26.6 Å². The van der Waals surface area contributed by atoms with E-state index in [-0.39, 0.29) is 5.92 Å². The lowest BCUT2D eigenvalue weighted by molar-refractivity contribution is -0.352. The molecule has 10 heteroatoms. The van der Waals surface area contributed by atoms with E-state index >= 15 is 0 Å². The highest BCUT2D eigenvalue weighted by atomic mass is 19.4. The number of nitrogens with one attached hydrogen (secondary N) is 1. The molecule has 1 amide bonds. The van der Waals surface area contributed by atoms with Crippen molar-refractivity contribution in [2.45, 2.75) is 63.1 Å². The molecule has 1 aliphatic carbocycles. The van der Waals surface area contributed by atoms with E-state index in [4.69, 9.17) is 4.74 Å². The third-order valence-corrected chi connectivity index (χ3v) is 4.96. The van der Waals surface area contributed by atoms with E-state index in [1.165, 1.54) is 5.32 Å². The maximum atomic E-state index is 13.9. The molecule has 2 rings (SSSR count). The van der Waals surface area contributed by atoms with Crippen LogP contribution in [-0.4, -0.2) is 54.6 Å². The lowest BCUT2D eigenvalue weighted by atomic mass is 9.92. The molecule has 0 bridgehead atoms. The molecule has 0 spiro atoms. The first kappa shape index (κ1) is 22.0. The van der Waals surface area contributed by atoms with Crippen molar-refractivity contribution in [1.82, 2.24) is 10.2 Å². The molecule has 1 aliphatic heterocycles. The van der Waals surface area contributed by atoms with Crippen LogP contribution in [0.5, 0.6) is 0 Å². The highest BCUT2D eigenvalue weighted by molar-refractivity contribution is 5.74. The number of hydrogen-bond donors (Lipinski definition) is 1. The second-order valence-corrected chi connectivity index (χ2v) is 7.08. The van der Waals surface area contributed by atoms with Crippen molar-refractivity contribution in [2.75, 3.05) is 19.7 Å². The van der Waals surface area contributed by atoms with E-state index < -0.39 is 43.1 Å². The Balaban J connectivity index is 2.45. The van der Waals surface area contributed by atoms with E-state index in [0.29, 0.717) is 50.5 Å². The van der Waals surface area contributed by atoms with Crippen LogP contribution in [0.25, 0.3) is 0 Å². The third kappa shape index (κ3) is 4.96. The predicted octanol–water partition coefficient (Wildman–Crippen LogP) is 3.78. The third-order valence-electron chi connectivity index (χ3n) is 4.96. The Kier molecular flexibility index (Phi) is 6.83. The molecule has 156 valence electrons. The Morgan fingerprint density at radius 3 is 2.22 bits per heavy atom. The summed E-state index contributed by atoms with van der Waals surface area (Å²) in [7, 11) is 0.